The molecule has 2 nitrogen and oxygen atoms in total. The average molecular weight is 256 g/mol. The first-order chi connectivity index (χ1) is 7.92. The lowest BCUT2D eigenvalue weighted by Gasteiger charge is -2.17. The number of benzene rings is 1. The van der Waals surface area contributed by atoms with E-state index in [0.29, 0.717) is 11.6 Å². The van der Waals surface area contributed by atoms with Crippen molar-refractivity contribution in [1.29, 1.82) is 0 Å². The molecule has 0 heterocycles. The highest BCUT2D eigenvalue weighted by Crippen LogP contribution is 2.26. The summed E-state index contributed by atoms with van der Waals surface area (Å²) in [4.78, 5) is 0. The van der Waals surface area contributed by atoms with Gasteiger partial charge in [-0.1, -0.05) is 17.7 Å². The van der Waals surface area contributed by atoms with Gasteiger partial charge >= 0.3 is 0 Å². The summed E-state index contributed by atoms with van der Waals surface area (Å²) in [7, 11) is 0. The van der Waals surface area contributed by atoms with E-state index < -0.39 is 0 Å². The van der Waals surface area contributed by atoms with Crippen molar-refractivity contribution in [2.24, 2.45) is 5.73 Å². The summed E-state index contributed by atoms with van der Waals surface area (Å²) in [6.45, 7) is 6.70. The van der Waals surface area contributed by atoms with Crippen LogP contribution in [-0.4, -0.2) is 12.1 Å². The van der Waals surface area contributed by atoms with E-state index in [9.17, 15) is 0 Å². The first-order valence-electron chi connectivity index (χ1n) is 6.12. The van der Waals surface area contributed by atoms with Crippen LogP contribution in [0.25, 0.3) is 0 Å². The lowest BCUT2D eigenvalue weighted by atomic mass is 9.97. The first kappa shape index (κ1) is 14.3. The average Bonchev–Trinajstić information content (AvgIpc) is 2.20. The SMILES string of the molecule is CCOc1ccc(CCCC(C)(C)N)cc1Cl. The normalized spacial score (nSPS) is 11.6. The van der Waals surface area contributed by atoms with Crippen molar-refractivity contribution in [3.63, 3.8) is 0 Å². The van der Waals surface area contributed by atoms with E-state index in [1.165, 1.54) is 5.56 Å². The molecule has 0 fully saturated rings. The molecule has 0 radical (unpaired) electrons. The van der Waals surface area contributed by atoms with Gasteiger partial charge in [-0.05, 0) is 57.7 Å². The Hall–Kier alpha value is -0.730. The molecule has 1 aromatic rings. The van der Waals surface area contributed by atoms with Crippen LogP contribution in [0.15, 0.2) is 18.2 Å². The fourth-order valence-corrected chi connectivity index (χ4v) is 1.98. The number of hydrogen-bond donors (Lipinski definition) is 1. The lowest BCUT2D eigenvalue weighted by Crippen LogP contribution is -2.31. The van der Waals surface area contributed by atoms with Crippen molar-refractivity contribution in [2.45, 2.75) is 45.6 Å². The molecule has 0 unspecified atom stereocenters. The summed E-state index contributed by atoms with van der Waals surface area (Å²) in [5.74, 6) is 0.761. The Morgan fingerprint density at radius 1 is 1.35 bits per heavy atom. The van der Waals surface area contributed by atoms with E-state index >= 15 is 0 Å². The Kier molecular flexibility index (Phi) is 5.29. The zero-order valence-corrected chi connectivity index (χ0v) is 11.7. The number of nitrogens with two attached hydrogens (primary N) is 1. The molecule has 0 aromatic heterocycles. The molecule has 0 saturated carbocycles. The maximum Gasteiger partial charge on any atom is 0.137 e. The zero-order chi connectivity index (χ0) is 12.9. The first-order valence-corrected chi connectivity index (χ1v) is 6.50. The van der Waals surface area contributed by atoms with Crippen LogP contribution in [0.1, 0.15) is 39.2 Å². The molecule has 0 aliphatic heterocycles. The van der Waals surface area contributed by atoms with Gasteiger partial charge in [-0.15, -0.1) is 0 Å². The minimum Gasteiger partial charge on any atom is -0.492 e. The smallest absolute Gasteiger partial charge is 0.137 e. The van der Waals surface area contributed by atoms with Gasteiger partial charge in [0, 0.05) is 5.54 Å². The van der Waals surface area contributed by atoms with Crippen molar-refractivity contribution in [3.05, 3.63) is 28.8 Å². The summed E-state index contributed by atoms with van der Waals surface area (Å²) in [5.41, 5.74) is 7.10. The van der Waals surface area contributed by atoms with Gasteiger partial charge in [-0.3, -0.25) is 0 Å². The van der Waals surface area contributed by atoms with Crippen LogP contribution < -0.4 is 10.5 Å². The fraction of sp³-hybridized carbons (Fsp3) is 0.571. The van der Waals surface area contributed by atoms with Crippen LogP contribution in [0.3, 0.4) is 0 Å². The fourth-order valence-electron chi connectivity index (χ4n) is 1.72. The van der Waals surface area contributed by atoms with Crippen LogP contribution in [-0.2, 0) is 6.42 Å². The number of ether oxygens (including phenoxy) is 1. The molecule has 1 aromatic carbocycles. The van der Waals surface area contributed by atoms with E-state index in [-0.39, 0.29) is 5.54 Å². The van der Waals surface area contributed by atoms with Crippen LogP contribution in [0.4, 0.5) is 0 Å². The Labute approximate surface area is 109 Å². The number of hydrogen-bond acceptors (Lipinski definition) is 2. The molecule has 0 aliphatic rings. The highest BCUT2D eigenvalue weighted by atomic mass is 35.5. The molecule has 17 heavy (non-hydrogen) atoms. The van der Waals surface area contributed by atoms with E-state index in [0.717, 1.165) is 25.0 Å². The third-order valence-corrected chi connectivity index (χ3v) is 2.88. The summed E-state index contributed by atoms with van der Waals surface area (Å²) >= 11 is 6.13. The summed E-state index contributed by atoms with van der Waals surface area (Å²) in [6.07, 6.45) is 3.10. The molecule has 0 spiro atoms. The number of rotatable bonds is 6. The van der Waals surface area contributed by atoms with Crippen LogP contribution in [0, 0.1) is 0 Å². The molecule has 3 heteroatoms. The molecule has 0 aliphatic carbocycles. The second-order valence-corrected chi connectivity index (χ2v) is 5.45. The van der Waals surface area contributed by atoms with Gasteiger partial charge in [-0.2, -0.15) is 0 Å². The monoisotopic (exact) mass is 255 g/mol. The van der Waals surface area contributed by atoms with Gasteiger partial charge in [0.1, 0.15) is 5.75 Å². The number of aryl methyl sites for hydroxylation is 1. The van der Waals surface area contributed by atoms with E-state index in [1.807, 2.05) is 19.1 Å². The second kappa shape index (κ2) is 6.27. The molecule has 0 amide bonds. The quantitative estimate of drug-likeness (QED) is 0.839. The third-order valence-electron chi connectivity index (χ3n) is 2.58. The van der Waals surface area contributed by atoms with Gasteiger partial charge in [0.15, 0.2) is 0 Å². The van der Waals surface area contributed by atoms with E-state index in [1.54, 1.807) is 0 Å². The summed E-state index contributed by atoms with van der Waals surface area (Å²) < 4.78 is 5.40. The molecule has 0 atom stereocenters. The van der Waals surface area contributed by atoms with Gasteiger partial charge in [0.05, 0.1) is 11.6 Å². The minimum atomic E-state index is -0.0882. The number of halogens is 1. The predicted molar refractivity (Wildman–Crippen MR) is 73.8 cm³/mol. The molecule has 96 valence electrons. The molecular formula is C14H22ClNO. The van der Waals surface area contributed by atoms with Crippen molar-refractivity contribution in [3.8, 4) is 5.75 Å². The second-order valence-electron chi connectivity index (χ2n) is 5.04. The highest BCUT2D eigenvalue weighted by molar-refractivity contribution is 6.32. The van der Waals surface area contributed by atoms with E-state index in [4.69, 9.17) is 22.1 Å². The Bertz CT molecular complexity index is 358. The molecule has 1 rings (SSSR count). The summed E-state index contributed by atoms with van der Waals surface area (Å²) in [6, 6.07) is 5.99. The van der Waals surface area contributed by atoms with Gasteiger partial charge < -0.3 is 10.5 Å². The lowest BCUT2D eigenvalue weighted by molar-refractivity contribution is 0.340. The van der Waals surface area contributed by atoms with Crippen LogP contribution >= 0.6 is 11.6 Å². The van der Waals surface area contributed by atoms with Crippen LogP contribution in [0.5, 0.6) is 5.75 Å². The van der Waals surface area contributed by atoms with Crippen molar-refractivity contribution in [2.75, 3.05) is 6.61 Å². The molecule has 2 N–H and O–H groups in total. The van der Waals surface area contributed by atoms with E-state index in [2.05, 4.69) is 19.9 Å². The van der Waals surface area contributed by atoms with Gasteiger partial charge in [0.2, 0.25) is 0 Å². The predicted octanol–water partition coefficient (Wildman–Crippen LogP) is 3.80. The standard InChI is InChI=1S/C14H22ClNO/c1-4-17-13-8-7-11(10-12(13)15)6-5-9-14(2,3)16/h7-8,10H,4-6,9,16H2,1-3H3. The van der Waals surface area contributed by atoms with Crippen molar-refractivity contribution < 1.29 is 4.74 Å². The maximum atomic E-state index is 6.13. The van der Waals surface area contributed by atoms with Crippen LogP contribution in [0.2, 0.25) is 5.02 Å². The molecular weight excluding hydrogens is 234 g/mol. The Balaban J connectivity index is 2.53. The Morgan fingerprint density at radius 2 is 2.06 bits per heavy atom. The third kappa shape index (κ3) is 5.42. The highest BCUT2D eigenvalue weighted by Gasteiger charge is 2.10. The van der Waals surface area contributed by atoms with Gasteiger partial charge in [0.25, 0.3) is 0 Å². The maximum absolute atomic E-state index is 6.13. The topological polar surface area (TPSA) is 35.2 Å². The Morgan fingerprint density at radius 3 is 2.59 bits per heavy atom. The zero-order valence-electron chi connectivity index (χ0n) is 10.9. The molecule has 0 bridgehead atoms. The summed E-state index contributed by atoms with van der Waals surface area (Å²) in [5, 5.41) is 0.691. The van der Waals surface area contributed by atoms with Crippen molar-refractivity contribution >= 4 is 11.6 Å². The molecule has 0 saturated heterocycles. The largest absolute Gasteiger partial charge is 0.492 e. The van der Waals surface area contributed by atoms with Crippen molar-refractivity contribution in [1.82, 2.24) is 0 Å². The minimum absolute atomic E-state index is 0.0882. The van der Waals surface area contributed by atoms with Gasteiger partial charge in [-0.25, -0.2) is 0 Å².